The maximum Gasteiger partial charge on any atom is 0.256 e. The van der Waals surface area contributed by atoms with Crippen molar-refractivity contribution in [2.45, 2.75) is 13.0 Å². The van der Waals surface area contributed by atoms with Gasteiger partial charge in [-0.3, -0.25) is 14.6 Å². The van der Waals surface area contributed by atoms with E-state index in [4.69, 9.17) is 16.7 Å². The van der Waals surface area contributed by atoms with Crippen molar-refractivity contribution >= 4 is 28.9 Å². The van der Waals surface area contributed by atoms with Crippen LogP contribution in [0.4, 0.5) is 15.8 Å². The first-order valence-electron chi connectivity index (χ1n) is 8.70. The molecule has 0 saturated heterocycles. The minimum absolute atomic E-state index is 0.0619. The summed E-state index contributed by atoms with van der Waals surface area (Å²) in [5, 5.41) is 15.1. The van der Waals surface area contributed by atoms with Crippen LogP contribution in [0.15, 0.2) is 53.7 Å². The van der Waals surface area contributed by atoms with Gasteiger partial charge in [-0.05, 0) is 37.3 Å². The van der Waals surface area contributed by atoms with Crippen LogP contribution in [0.5, 0.6) is 0 Å². The summed E-state index contributed by atoms with van der Waals surface area (Å²) >= 11 is 5.93. The van der Waals surface area contributed by atoms with Gasteiger partial charge < -0.3 is 20.7 Å². The molecule has 0 bridgehead atoms. The summed E-state index contributed by atoms with van der Waals surface area (Å²) in [4.78, 5) is 31.2. The summed E-state index contributed by atoms with van der Waals surface area (Å²) in [5.41, 5.74) is 0.758. The third-order valence-corrected chi connectivity index (χ3v) is 4.35. The maximum atomic E-state index is 14.2. The molecule has 2 heterocycles. The molecule has 7 nitrogen and oxygen atoms in total. The van der Waals surface area contributed by atoms with Crippen LogP contribution in [0, 0.1) is 5.82 Å². The second-order valence-electron chi connectivity index (χ2n) is 6.36. The number of H-pyrrole nitrogens is 1. The van der Waals surface area contributed by atoms with Crippen molar-refractivity contribution < 1.29 is 14.3 Å². The number of aliphatic hydroxyl groups is 1. The van der Waals surface area contributed by atoms with Crippen molar-refractivity contribution in [3.63, 3.8) is 0 Å². The highest BCUT2D eigenvalue weighted by atomic mass is 35.5. The Balaban J connectivity index is 1.96. The average Bonchev–Trinajstić information content (AvgIpc) is 2.71. The highest BCUT2D eigenvalue weighted by Gasteiger charge is 2.15. The number of pyridine rings is 2. The van der Waals surface area contributed by atoms with Crippen LogP contribution in [-0.2, 0) is 0 Å². The van der Waals surface area contributed by atoms with E-state index in [0.29, 0.717) is 16.4 Å². The van der Waals surface area contributed by atoms with Crippen molar-refractivity contribution in [1.29, 1.82) is 0 Å². The van der Waals surface area contributed by atoms with E-state index in [9.17, 15) is 14.0 Å². The van der Waals surface area contributed by atoms with Crippen LogP contribution in [0.3, 0.4) is 0 Å². The first-order chi connectivity index (χ1) is 13.9. The van der Waals surface area contributed by atoms with Crippen molar-refractivity contribution in [2.24, 2.45) is 0 Å². The number of carbonyl (C=O) groups excluding carboxylic acids is 1. The lowest BCUT2D eigenvalue weighted by Crippen LogP contribution is -2.35. The first kappa shape index (κ1) is 20.5. The Hall–Kier alpha value is -3.23. The number of anilines is 2. The predicted molar refractivity (Wildman–Crippen MR) is 109 cm³/mol. The Bertz CT molecular complexity index is 1100. The molecular weight excluding hydrogens is 399 g/mol. The highest BCUT2D eigenvalue weighted by molar-refractivity contribution is 6.30. The van der Waals surface area contributed by atoms with E-state index in [1.54, 1.807) is 13.0 Å². The van der Waals surface area contributed by atoms with Crippen LogP contribution in [-0.4, -0.2) is 33.6 Å². The van der Waals surface area contributed by atoms with E-state index in [1.807, 2.05) is 0 Å². The molecule has 3 rings (SSSR count). The third-order valence-electron chi connectivity index (χ3n) is 4.12. The van der Waals surface area contributed by atoms with E-state index in [0.717, 1.165) is 0 Å². The summed E-state index contributed by atoms with van der Waals surface area (Å²) in [6.07, 6.45) is 4.29. The van der Waals surface area contributed by atoms with Crippen molar-refractivity contribution in [3.8, 4) is 11.1 Å². The SMILES string of the molecule is CC(CO)NC(=O)c1cnccc1Nc1c[nH]c(=O)c(-c2cc(Cl)ccc2F)c1. The minimum Gasteiger partial charge on any atom is -0.394 e. The quantitative estimate of drug-likeness (QED) is 0.494. The van der Waals surface area contributed by atoms with Gasteiger partial charge >= 0.3 is 0 Å². The fraction of sp³-hybridized carbons (Fsp3) is 0.150. The van der Waals surface area contributed by atoms with Gasteiger partial charge in [-0.2, -0.15) is 0 Å². The summed E-state index contributed by atoms with van der Waals surface area (Å²) in [6, 6.07) is 6.57. The van der Waals surface area contributed by atoms with Gasteiger partial charge in [0.1, 0.15) is 5.82 Å². The molecule has 0 aliphatic heterocycles. The smallest absolute Gasteiger partial charge is 0.256 e. The van der Waals surface area contributed by atoms with Crippen LogP contribution >= 0.6 is 11.6 Å². The topological polar surface area (TPSA) is 107 Å². The lowest BCUT2D eigenvalue weighted by Gasteiger charge is -2.15. The number of amides is 1. The van der Waals surface area contributed by atoms with Crippen LogP contribution in [0.2, 0.25) is 5.02 Å². The zero-order valence-corrected chi connectivity index (χ0v) is 16.1. The van der Waals surface area contributed by atoms with Gasteiger partial charge in [0.15, 0.2) is 0 Å². The summed E-state index contributed by atoms with van der Waals surface area (Å²) in [6.45, 7) is 1.46. The number of hydrogen-bond donors (Lipinski definition) is 4. The number of aromatic nitrogens is 2. The van der Waals surface area contributed by atoms with Crippen molar-refractivity contribution in [3.05, 3.63) is 75.7 Å². The van der Waals surface area contributed by atoms with Crippen molar-refractivity contribution in [1.82, 2.24) is 15.3 Å². The van der Waals surface area contributed by atoms with Gasteiger partial charge in [-0.25, -0.2) is 4.39 Å². The molecule has 0 aliphatic carbocycles. The van der Waals surface area contributed by atoms with Crippen LogP contribution < -0.4 is 16.2 Å². The molecule has 1 aromatic carbocycles. The lowest BCUT2D eigenvalue weighted by molar-refractivity contribution is 0.0923. The van der Waals surface area contributed by atoms with Gasteiger partial charge in [0, 0.05) is 35.2 Å². The summed E-state index contributed by atoms with van der Waals surface area (Å²) in [7, 11) is 0. The molecule has 0 spiro atoms. The molecule has 3 aromatic rings. The fourth-order valence-electron chi connectivity index (χ4n) is 2.65. The average molecular weight is 417 g/mol. The highest BCUT2D eigenvalue weighted by Crippen LogP contribution is 2.27. The molecule has 0 aliphatic rings. The van der Waals surface area contributed by atoms with E-state index in [-0.39, 0.29) is 23.3 Å². The molecule has 1 unspecified atom stereocenters. The second-order valence-corrected chi connectivity index (χ2v) is 6.80. The van der Waals surface area contributed by atoms with E-state index in [1.165, 1.54) is 42.9 Å². The van der Waals surface area contributed by atoms with E-state index in [2.05, 4.69) is 20.6 Å². The van der Waals surface area contributed by atoms with E-state index < -0.39 is 23.3 Å². The molecular formula is C20H18ClFN4O3. The number of aliphatic hydroxyl groups excluding tert-OH is 1. The fourth-order valence-corrected chi connectivity index (χ4v) is 2.82. The Morgan fingerprint density at radius 1 is 1.31 bits per heavy atom. The van der Waals surface area contributed by atoms with Gasteiger partial charge in [0.25, 0.3) is 11.5 Å². The molecule has 9 heteroatoms. The Morgan fingerprint density at radius 2 is 2.10 bits per heavy atom. The molecule has 0 saturated carbocycles. The largest absolute Gasteiger partial charge is 0.394 e. The van der Waals surface area contributed by atoms with Crippen LogP contribution in [0.25, 0.3) is 11.1 Å². The van der Waals surface area contributed by atoms with Gasteiger partial charge in [0.05, 0.1) is 29.1 Å². The maximum absolute atomic E-state index is 14.2. The number of nitrogens with one attached hydrogen (secondary N) is 3. The number of aromatic amines is 1. The Morgan fingerprint density at radius 3 is 2.86 bits per heavy atom. The standard InChI is InChI=1S/C20H18ClFN4O3/c1-11(10-27)25-20(29)16-9-23-5-4-18(16)26-13-7-15(19(28)24-8-13)14-6-12(21)2-3-17(14)22/h2-9,11,27H,10H2,1H3,(H,23,26)(H,24,28)(H,25,29). The number of nitrogens with zero attached hydrogens (tertiary/aromatic N) is 1. The third kappa shape index (κ3) is 4.79. The molecule has 1 atom stereocenters. The first-order valence-corrected chi connectivity index (χ1v) is 9.07. The van der Waals surface area contributed by atoms with E-state index >= 15 is 0 Å². The van der Waals surface area contributed by atoms with Crippen molar-refractivity contribution in [2.75, 3.05) is 11.9 Å². The molecule has 2 aromatic heterocycles. The Kier molecular flexibility index (Phi) is 6.26. The normalized spacial score (nSPS) is 11.7. The molecule has 150 valence electrons. The lowest BCUT2D eigenvalue weighted by atomic mass is 10.1. The van der Waals surface area contributed by atoms with Crippen LogP contribution in [0.1, 0.15) is 17.3 Å². The van der Waals surface area contributed by atoms with Gasteiger partial charge in [-0.15, -0.1) is 0 Å². The zero-order valence-electron chi connectivity index (χ0n) is 15.4. The number of hydrogen-bond acceptors (Lipinski definition) is 5. The number of halogens is 2. The second kappa shape index (κ2) is 8.85. The monoisotopic (exact) mass is 416 g/mol. The summed E-state index contributed by atoms with van der Waals surface area (Å²) in [5.74, 6) is -1.01. The number of benzene rings is 1. The van der Waals surface area contributed by atoms with Gasteiger partial charge in [-0.1, -0.05) is 11.6 Å². The minimum atomic E-state index is -0.584. The number of carbonyl (C=O) groups is 1. The summed E-state index contributed by atoms with van der Waals surface area (Å²) < 4.78 is 14.2. The zero-order chi connectivity index (χ0) is 21.0. The molecule has 0 fully saturated rings. The molecule has 29 heavy (non-hydrogen) atoms. The molecule has 1 amide bonds. The molecule has 0 radical (unpaired) electrons. The Labute approximate surface area is 170 Å². The predicted octanol–water partition coefficient (Wildman–Crippen LogP) is 3.08. The molecule has 4 N–H and O–H groups in total. The van der Waals surface area contributed by atoms with Gasteiger partial charge in [0.2, 0.25) is 0 Å². The number of rotatable bonds is 6.